The molecule has 0 fully saturated rings. The zero-order valence-electron chi connectivity index (χ0n) is 22.7. The number of methoxy groups -OCH3 is 1. The van der Waals surface area contributed by atoms with Crippen molar-refractivity contribution in [2.24, 2.45) is 0 Å². The number of phenols is 2. The summed E-state index contributed by atoms with van der Waals surface area (Å²) < 4.78 is 11.8. The normalized spacial score (nSPS) is 12.6. The SMILES string of the molecule is COc1c(C)c(C)c(O)c(C)c1CN(C)CC(Oc1cc(C)c(O)cc1C(C)C)/C(=C/C(=O)O)C(=O)O. The summed E-state index contributed by atoms with van der Waals surface area (Å²) in [6.07, 6.45) is -0.525. The summed E-state index contributed by atoms with van der Waals surface area (Å²) in [5, 5.41) is 40.0. The minimum Gasteiger partial charge on any atom is -0.508 e. The van der Waals surface area contributed by atoms with Gasteiger partial charge in [-0.25, -0.2) is 9.59 Å². The van der Waals surface area contributed by atoms with E-state index in [1.54, 1.807) is 52.0 Å². The molecule has 0 aliphatic heterocycles. The largest absolute Gasteiger partial charge is 0.508 e. The molecule has 1 atom stereocenters. The maximum absolute atomic E-state index is 12.1. The lowest BCUT2D eigenvalue weighted by atomic mass is 9.96. The van der Waals surface area contributed by atoms with Gasteiger partial charge in [-0.2, -0.15) is 0 Å². The number of hydrogen-bond donors (Lipinski definition) is 4. The van der Waals surface area contributed by atoms with E-state index in [1.165, 1.54) is 0 Å². The van der Waals surface area contributed by atoms with E-state index < -0.39 is 23.6 Å². The van der Waals surface area contributed by atoms with Gasteiger partial charge in [0.25, 0.3) is 0 Å². The molecule has 0 amide bonds. The Kier molecular flexibility index (Phi) is 9.58. The monoisotopic (exact) mass is 515 g/mol. The van der Waals surface area contributed by atoms with Gasteiger partial charge < -0.3 is 29.9 Å². The molecule has 0 aliphatic carbocycles. The van der Waals surface area contributed by atoms with Crippen LogP contribution in [0.4, 0.5) is 0 Å². The molecule has 202 valence electrons. The van der Waals surface area contributed by atoms with Crippen molar-refractivity contribution in [1.82, 2.24) is 4.90 Å². The van der Waals surface area contributed by atoms with E-state index in [2.05, 4.69) is 0 Å². The van der Waals surface area contributed by atoms with E-state index in [0.29, 0.717) is 39.8 Å². The zero-order valence-corrected chi connectivity index (χ0v) is 22.7. The van der Waals surface area contributed by atoms with Gasteiger partial charge >= 0.3 is 11.9 Å². The number of likely N-dealkylation sites (N-methyl/N-ethyl adjacent to an activating group) is 1. The number of carbonyl (C=O) groups is 2. The van der Waals surface area contributed by atoms with Gasteiger partial charge in [0.2, 0.25) is 0 Å². The van der Waals surface area contributed by atoms with E-state index in [-0.39, 0.29) is 30.5 Å². The summed E-state index contributed by atoms with van der Waals surface area (Å²) in [4.78, 5) is 25.4. The van der Waals surface area contributed by atoms with Gasteiger partial charge in [0.15, 0.2) is 0 Å². The topological polar surface area (TPSA) is 137 Å². The molecule has 0 spiro atoms. The summed E-state index contributed by atoms with van der Waals surface area (Å²) in [5.74, 6) is -1.65. The highest BCUT2D eigenvalue weighted by atomic mass is 16.5. The molecule has 0 aliphatic rings. The third kappa shape index (κ3) is 6.74. The number of ether oxygens (including phenoxy) is 2. The Balaban J connectivity index is 2.55. The van der Waals surface area contributed by atoms with Crippen molar-refractivity contribution >= 4 is 11.9 Å². The predicted molar refractivity (Wildman–Crippen MR) is 140 cm³/mol. The first-order chi connectivity index (χ1) is 17.2. The fourth-order valence-electron chi connectivity index (χ4n) is 4.27. The van der Waals surface area contributed by atoms with Crippen LogP contribution in [0, 0.1) is 27.7 Å². The van der Waals surface area contributed by atoms with Crippen LogP contribution in [0.2, 0.25) is 0 Å². The number of nitrogens with zero attached hydrogens (tertiary/aromatic N) is 1. The first kappa shape index (κ1) is 29.5. The molecule has 9 nitrogen and oxygen atoms in total. The van der Waals surface area contributed by atoms with Crippen molar-refractivity contribution in [2.75, 3.05) is 20.7 Å². The fourth-order valence-corrected chi connectivity index (χ4v) is 4.27. The van der Waals surface area contributed by atoms with Gasteiger partial charge in [0.1, 0.15) is 29.1 Å². The molecule has 4 N–H and O–H groups in total. The number of aryl methyl sites for hydroxylation is 1. The van der Waals surface area contributed by atoms with Crippen molar-refractivity contribution in [1.29, 1.82) is 0 Å². The van der Waals surface area contributed by atoms with Gasteiger partial charge in [-0.05, 0) is 75.0 Å². The molecule has 2 aromatic rings. The molecule has 37 heavy (non-hydrogen) atoms. The van der Waals surface area contributed by atoms with Gasteiger partial charge in [-0.15, -0.1) is 0 Å². The zero-order chi connectivity index (χ0) is 28.2. The van der Waals surface area contributed by atoms with Crippen LogP contribution in [0.15, 0.2) is 23.8 Å². The number of hydrogen-bond acceptors (Lipinski definition) is 7. The molecule has 0 aromatic heterocycles. The summed E-state index contributed by atoms with van der Waals surface area (Å²) in [7, 11) is 3.29. The predicted octanol–water partition coefficient (Wildman–Crippen LogP) is 4.44. The Morgan fingerprint density at radius 2 is 1.65 bits per heavy atom. The van der Waals surface area contributed by atoms with Crippen molar-refractivity contribution in [3.63, 3.8) is 0 Å². The van der Waals surface area contributed by atoms with Crippen LogP contribution < -0.4 is 9.47 Å². The molecule has 1 unspecified atom stereocenters. The van der Waals surface area contributed by atoms with E-state index in [9.17, 15) is 30.0 Å². The van der Waals surface area contributed by atoms with Crippen LogP contribution in [0.25, 0.3) is 0 Å². The van der Waals surface area contributed by atoms with Crippen LogP contribution >= 0.6 is 0 Å². The molecular weight excluding hydrogens is 478 g/mol. The second-order valence-electron chi connectivity index (χ2n) is 9.61. The first-order valence-electron chi connectivity index (χ1n) is 11.9. The second-order valence-corrected chi connectivity index (χ2v) is 9.61. The Hall–Kier alpha value is -3.72. The Bertz CT molecular complexity index is 1220. The standard InChI is InChI=1S/C28H37NO8/c1-14(2)19-10-22(30)15(3)9-23(19)37-24(20(28(34)35)11-25(31)32)13-29(7)12-21-18(6)26(33)16(4)17(5)27(21)36-8/h9-11,14,24,30,33H,12-13H2,1-8H3,(H,31,32)(H,34,35)/b20-11-. The highest BCUT2D eigenvalue weighted by Crippen LogP contribution is 2.38. The van der Waals surface area contributed by atoms with Crippen LogP contribution in [0.5, 0.6) is 23.0 Å². The molecule has 2 rings (SSSR count). The molecule has 0 bridgehead atoms. The molecular formula is C28H37NO8. The van der Waals surface area contributed by atoms with E-state index in [4.69, 9.17) is 9.47 Å². The summed E-state index contributed by atoms with van der Waals surface area (Å²) in [6, 6.07) is 3.19. The van der Waals surface area contributed by atoms with E-state index >= 15 is 0 Å². The third-order valence-electron chi connectivity index (χ3n) is 6.54. The number of phenolic OH excluding ortho intramolecular Hbond substituents is 2. The number of rotatable bonds is 11. The lowest BCUT2D eigenvalue weighted by Crippen LogP contribution is -2.37. The Morgan fingerprint density at radius 1 is 1.03 bits per heavy atom. The minimum atomic E-state index is -1.42. The summed E-state index contributed by atoms with van der Waals surface area (Å²) in [6.45, 7) is 11.2. The van der Waals surface area contributed by atoms with E-state index in [0.717, 1.165) is 11.1 Å². The Morgan fingerprint density at radius 3 is 2.16 bits per heavy atom. The molecule has 9 heteroatoms. The van der Waals surface area contributed by atoms with Crippen LogP contribution in [-0.2, 0) is 16.1 Å². The average molecular weight is 516 g/mol. The van der Waals surface area contributed by atoms with Gasteiger partial charge in [0.05, 0.1) is 12.7 Å². The van der Waals surface area contributed by atoms with Crippen molar-refractivity contribution in [3.05, 3.63) is 57.2 Å². The summed E-state index contributed by atoms with van der Waals surface area (Å²) >= 11 is 0. The van der Waals surface area contributed by atoms with Gasteiger partial charge in [-0.1, -0.05) is 13.8 Å². The lowest BCUT2D eigenvalue weighted by molar-refractivity contribution is -0.136. The van der Waals surface area contributed by atoms with Crippen molar-refractivity contribution in [2.45, 2.75) is 60.1 Å². The average Bonchev–Trinajstić information content (AvgIpc) is 2.81. The van der Waals surface area contributed by atoms with Gasteiger partial charge in [0, 0.05) is 30.3 Å². The first-order valence-corrected chi connectivity index (χ1v) is 11.9. The number of aromatic hydroxyl groups is 2. The number of aliphatic carboxylic acids is 2. The fraction of sp³-hybridized carbons (Fsp3) is 0.429. The number of benzene rings is 2. The third-order valence-corrected chi connectivity index (χ3v) is 6.54. The van der Waals surface area contributed by atoms with E-state index in [1.807, 2.05) is 20.8 Å². The van der Waals surface area contributed by atoms with Crippen molar-refractivity contribution < 1.29 is 39.5 Å². The lowest BCUT2D eigenvalue weighted by Gasteiger charge is -2.28. The maximum atomic E-state index is 12.1. The second kappa shape index (κ2) is 12.0. The maximum Gasteiger partial charge on any atom is 0.335 e. The number of carboxylic acids is 2. The highest BCUT2D eigenvalue weighted by molar-refractivity contribution is 5.95. The molecule has 0 saturated carbocycles. The Labute approximate surface area is 217 Å². The van der Waals surface area contributed by atoms with Crippen LogP contribution in [0.3, 0.4) is 0 Å². The quantitative estimate of drug-likeness (QED) is 0.320. The van der Waals surface area contributed by atoms with Crippen molar-refractivity contribution in [3.8, 4) is 23.0 Å². The molecule has 0 radical (unpaired) electrons. The molecule has 0 saturated heterocycles. The number of carboxylic acid groups (broad SMARTS) is 2. The summed E-state index contributed by atoms with van der Waals surface area (Å²) in [5.41, 5.74) is 3.64. The molecule has 2 aromatic carbocycles. The minimum absolute atomic E-state index is 0.0130. The van der Waals surface area contributed by atoms with Gasteiger partial charge in [-0.3, -0.25) is 4.90 Å². The van der Waals surface area contributed by atoms with Crippen LogP contribution in [0.1, 0.15) is 53.1 Å². The highest BCUT2D eigenvalue weighted by Gasteiger charge is 2.28. The smallest absolute Gasteiger partial charge is 0.335 e. The molecule has 0 heterocycles. The van der Waals surface area contributed by atoms with Crippen LogP contribution in [-0.4, -0.2) is 64.1 Å².